The molecule has 0 amide bonds. The third-order valence-electron chi connectivity index (χ3n) is 3.25. The summed E-state index contributed by atoms with van der Waals surface area (Å²) in [5.74, 6) is 1.78. The van der Waals surface area contributed by atoms with Crippen LogP contribution in [-0.2, 0) is 9.84 Å². The average Bonchev–Trinajstić information content (AvgIpc) is 2.92. The van der Waals surface area contributed by atoms with E-state index >= 15 is 0 Å². The van der Waals surface area contributed by atoms with Gasteiger partial charge in [-0.1, -0.05) is 6.92 Å². The molecule has 0 radical (unpaired) electrons. The van der Waals surface area contributed by atoms with Crippen molar-refractivity contribution in [2.45, 2.75) is 38.6 Å². The Kier molecular flexibility index (Phi) is 4.07. The molecule has 1 aliphatic rings. The first-order chi connectivity index (χ1) is 8.52. The molecule has 1 N–H and O–H groups in total. The molecule has 18 heavy (non-hydrogen) atoms. The summed E-state index contributed by atoms with van der Waals surface area (Å²) in [6.07, 6.45) is 3.37. The Labute approximate surface area is 108 Å². The van der Waals surface area contributed by atoms with Crippen molar-refractivity contribution in [1.82, 2.24) is 10.3 Å². The molecule has 0 spiro atoms. The van der Waals surface area contributed by atoms with Gasteiger partial charge in [0.05, 0.1) is 23.7 Å². The zero-order valence-electron chi connectivity index (χ0n) is 10.8. The van der Waals surface area contributed by atoms with Gasteiger partial charge in [-0.2, -0.15) is 0 Å². The molecule has 0 bridgehead atoms. The first-order valence-electron chi connectivity index (χ1n) is 6.41. The lowest BCUT2D eigenvalue weighted by molar-refractivity contribution is 0.383. The summed E-state index contributed by atoms with van der Waals surface area (Å²) in [4.78, 5) is 4.24. The van der Waals surface area contributed by atoms with E-state index in [0.717, 1.165) is 13.0 Å². The second kappa shape index (κ2) is 5.40. The zero-order valence-corrected chi connectivity index (χ0v) is 11.7. The van der Waals surface area contributed by atoms with E-state index in [1.807, 2.05) is 6.92 Å². The van der Waals surface area contributed by atoms with Crippen LogP contribution >= 0.6 is 0 Å². The van der Waals surface area contributed by atoms with Gasteiger partial charge in [-0.25, -0.2) is 13.4 Å². The SMILES string of the molecule is CCCNC(C)c1ncc(C2CCS(=O)(=O)C2)o1. The highest BCUT2D eigenvalue weighted by molar-refractivity contribution is 7.91. The van der Waals surface area contributed by atoms with Crippen LogP contribution < -0.4 is 5.32 Å². The molecule has 1 aromatic heterocycles. The van der Waals surface area contributed by atoms with Crippen molar-refractivity contribution < 1.29 is 12.8 Å². The van der Waals surface area contributed by atoms with E-state index in [0.29, 0.717) is 18.1 Å². The molecule has 2 atom stereocenters. The highest BCUT2D eigenvalue weighted by atomic mass is 32.2. The van der Waals surface area contributed by atoms with Crippen LogP contribution in [0.25, 0.3) is 0 Å². The standard InChI is InChI=1S/C12H20N2O3S/c1-3-5-13-9(2)12-14-7-11(17-12)10-4-6-18(15,16)8-10/h7,9-10,13H,3-6,8H2,1-2H3. The van der Waals surface area contributed by atoms with Crippen molar-refractivity contribution in [3.05, 3.63) is 17.8 Å². The molecule has 1 aliphatic heterocycles. The van der Waals surface area contributed by atoms with Crippen molar-refractivity contribution in [3.63, 3.8) is 0 Å². The van der Waals surface area contributed by atoms with Gasteiger partial charge in [-0.05, 0) is 26.3 Å². The number of hydrogen-bond acceptors (Lipinski definition) is 5. The zero-order chi connectivity index (χ0) is 13.2. The molecule has 5 nitrogen and oxygen atoms in total. The topological polar surface area (TPSA) is 72.2 Å². The molecule has 0 aliphatic carbocycles. The number of hydrogen-bond donors (Lipinski definition) is 1. The van der Waals surface area contributed by atoms with Crippen LogP contribution in [0.2, 0.25) is 0 Å². The second-order valence-electron chi connectivity index (χ2n) is 4.88. The van der Waals surface area contributed by atoms with E-state index in [-0.39, 0.29) is 23.5 Å². The van der Waals surface area contributed by atoms with Gasteiger partial charge in [0.25, 0.3) is 0 Å². The van der Waals surface area contributed by atoms with Crippen LogP contribution in [-0.4, -0.2) is 31.5 Å². The van der Waals surface area contributed by atoms with Crippen molar-refractivity contribution in [2.24, 2.45) is 0 Å². The van der Waals surface area contributed by atoms with Gasteiger partial charge in [0.2, 0.25) is 5.89 Å². The summed E-state index contributed by atoms with van der Waals surface area (Å²) in [5.41, 5.74) is 0. The average molecular weight is 272 g/mol. The van der Waals surface area contributed by atoms with E-state index in [1.54, 1.807) is 6.20 Å². The molecular formula is C12H20N2O3S. The quantitative estimate of drug-likeness (QED) is 0.882. The van der Waals surface area contributed by atoms with Crippen molar-refractivity contribution >= 4 is 9.84 Å². The second-order valence-corrected chi connectivity index (χ2v) is 7.11. The summed E-state index contributed by atoms with van der Waals surface area (Å²) >= 11 is 0. The van der Waals surface area contributed by atoms with Crippen LogP contribution in [0.15, 0.2) is 10.6 Å². The first kappa shape index (κ1) is 13.5. The first-order valence-corrected chi connectivity index (χ1v) is 8.23. The molecule has 2 unspecified atom stereocenters. The van der Waals surface area contributed by atoms with Crippen molar-refractivity contribution in [2.75, 3.05) is 18.1 Å². The largest absolute Gasteiger partial charge is 0.444 e. The lowest BCUT2D eigenvalue weighted by Crippen LogP contribution is -2.19. The fraction of sp³-hybridized carbons (Fsp3) is 0.750. The maximum absolute atomic E-state index is 11.4. The Morgan fingerprint density at radius 3 is 3.00 bits per heavy atom. The number of nitrogens with one attached hydrogen (secondary N) is 1. The number of aromatic nitrogens is 1. The highest BCUT2D eigenvalue weighted by Crippen LogP contribution is 2.30. The van der Waals surface area contributed by atoms with Gasteiger partial charge in [-0.15, -0.1) is 0 Å². The summed E-state index contributed by atoms with van der Waals surface area (Å²) in [7, 11) is -2.87. The molecule has 102 valence electrons. The van der Waals surface area contributed by atoms with E-state index in [9.17, 15) is 8.42 Å². The molecule has 1 aromatic rings. The lowest BCUT2D eigenvalue weighted by Gasteiger charge is -2.09. The number of oxazole rings is 1. The smallest absolute Gasteiger partial charge is 0.211 e. The molecule has 6 heteroatoms. The van der Waals surface area contributed by atoms with E-state index in [4.69, 9.17) is 4.42 Å². The van der Waals surface area contributed by atoms with Gasteiger partial charge in [0.1, 0.15) is 5.76 Å². The third kappa shape index (κ3) is 3.11. The Morgan fingerprint density at radius 2 is 2.39 bits per heavy atom. The van der Waals surface area contributed by atoms with Gasteiger partial charge < -0.3 is 9.73 Å². The third-order valence-corrected chi connectivity index (χ3v) is 5.02. The molecule has 0 saturated carbocycles. The minimum atomic E-state index is -2.87. The summed E-state index contributed by atoms with van der Waals surface area (Å²) in [6, 6.07) is 0.0664. The molecule has 1 saturated heterocycles. The van der Waals surface area contributed by atoms with Crippen LogP contribution in [0.1, 0.15) is 50.3 Å². The fourth-order valence-electron chi connectivity index (χ4n) is 2.16. The van der Waals surface area contributed by atoms with E-state index < -0.39 is 9.84 Å². The van der Waals surface area contributed by atoms with Crippen LogP contribution in [0.3, 0.4) is 0 Å². The number of rotatable bonds is 5. The van der Waals surface area contributed by atoms with Crippen LogP contribution in [0.5, 0.6) is 0 Å². The summed E-state index contributed by atoms with van der Waals surface area (Å²) in [5, 5.41) is 3.29. The molecule has 2 rings (SSSR count). The normalized spacial score (nSPS) is 24.2. The van der Waals surface area contributed by atoms with Crippen LogP contribution in [0, 0.1) is 0 Å². The Bertz CT molecular complexity index is 495. The van der Waals surface area contributed by atoms with Crippen molar-refractivity contribution in [1.29, 1.82) is 0 Å². The maximum atomic E-state index is 11.4. The van der Waals surface area contributed by atoms with E-state index in [1.165, 1.54) is 0 Å². The minimum absolute atomic E-state index is 0.0189. The predicted molar refractivity (Wildman–Crippen MR) is 69.2 cm³/mol. The van der Waals surface area contributed by atoms with E-state index in [2.05, 4.69) is 17.2 Å². The Morgan fingerprint density at radius 1 is 1.61 bits per heavy atom. The minimum Gasteiger partial charge on any atom is -0.444 e. The molecular weight excluding hydrogens is 252 g/mol. The monoisotopic (exact) mass is 272 g/mol. The van der Waals surface area contributed by atoms with Gasteiger partial charge >= 0.3 is 0 Å². The number of nitrogens with zero attached hydrogens (tertiary/aromatic N) is 1. The molecule has 1 fully saturated rings. The summed E-state index contributed by atoms with van der Waals surface area (Å²) < 4.78 is 28.5. The van der Waals surface area contributed by atoms with Crippen LogP contribution in [0.4, 0.5) is 0 Å². The Balaban J connectivity index is 2.02. The Hall–Kier alpha value is -0.880. The molecule has 2 heterocycles. The fourth-order valence-corrected chi connectivity index (χ4v) is 3.91. The summed E-state index contributed by atoms with van der Waals surface area (Å²) in [6.45, 7) is 5.01. The van der Waals surface area contributed by atoms with Gasteiger partial charge in [0.15, 0.2) is 9.84 Å². The maximum Gasteiger partial charge on any atom is 0.211 e. The van der Waals surface area contributed by atoms with Gasteiger partial charge in [-0.3, -0.25) is 0 Å². The lowest BCUT2D eigenvalue weighted by atomic mass is 10.1. The predicted octanol–water partition coefficient (Wildman–Crippen LogP) is 1.64. The van der Waals surface area contributed by atoms with Crippen molar-refractivity contribution in [3.8, 4) is 0 Å². The number of sulfone groups is 1. The molecule has 0 aromatic carbocycles. The highest BCUT2D eigenvalue weighted by Gasteiger charge is 2.31. The van der Waals surface area contributed by atoms with Gasteiger partial charge in [0, 0.05) is 5.92 Å².